The molecule has 0 unspecified atom stereocenters. The average Bonchev–Trinajstić information content (AvgIpc) is 2.47. The Balaban J connectivity index is 2.05. The molecule has 0 radical (unpaired) electrons. The number of rotatable bonds is 3. The molecule has 106 valence electrons. The Bertz CT molecular complexity index is 530. The summed E-state index contributed by atoms with van der Waals surface area (Å²) >= 11 is 0. The monoisotopic (exact) mass is 273 g/mol. The molecule has 20 heavy (non-hydrogen) atoms. The number of benzene rings is 1. The Hall–Kier alpha value is -1.90. The van der Waals surface area contributed by atoms with E-state index in [2.05, 4.69) is 6.07 Å². The lowest BCUT2D eigenvalue weighted by Crippen LogP contribution is -2.57. The van der Waals surface area contributed by atoms with Crippen molar-refractivity contribution in [3.63, 3.8) is 0 Å². The summed E-state index contributed by atoms with van der Waals surface area (Å²) in [4.78, 5) is 14.1. The van der Waals surface area contributed by atoms with Crippen LogP contribution in [0.4, 0.5) is 0 Å². The molecule has 1 saturated heterocycles. The summed E-state index contributed by atoms with van der Waals surface area (Å²) in [5.41, 5.74) is 6.89. The third kappa shape index (κ3) is 3.16. The van der Waals surface area contributed by atoms with E-state index in [0.29, 0.717) is 38.2 Å². The number of hydrogen-bond donors (Lipinski definition) is 1. The number of ether oxygens (including phenoxy) is 1. The predicted octanol–water partition coefficient (Wildman–Crippen LogP) is 1.02. The summed E-state index contributed by atoms with van der Waals surface area (Å²) in [6.45, 7) is 1.51. The third-order valence-corrected chi connectivity index (χ3v) is 3.63. The van der Waals surface area contributed by atoms with Gasteiger partial charge >= 0.3 is 0 Å². The van der Waals surface area contributed by atoms with Gasteiger partial charge in [-0.1, -0.05) is 12.1 Å². The molecule has 0 aromatic heterocycles. The van der Waals surface area contributed by atoms with Gasteiger partial charge in [-0.2, -0.15) is 5.26 Å². The van der Waals surface area contributed by atoms with Crippen molar-refractivity contribution < 1.29 is 9.53 Å². The van der Waals surface area contributed by atoms with Crippen LogP contribution in [0.1, 0.15) is 24.0 Å². The van der Waals surface area contributed by atoms with E-state index in [1.807, 2.05) is 12.1 Å². The number of nitrogens with zero attached hydrogens (tertiary/aromatic N) is 2. The van der Waals surface area contributed by atoms with Gasteiger partial charge in [0.25, 0.3) is 0 Å². The normalized spacial score (nSPS) is 17.2. The number of likely N-dealkylation sites (N-methyl/N-ethyl adjacent to an activating group) is 1. The van der Waals surface area contributed by atoms with E-state index in [4.69, 9.17) is 15.7 Å². The highest BCUT2D eigenvalue weighted by Gasteiger charge is 2.37. The van der Waals surface area contributed by atoms with E-state index < -0.39 is 5.54 Å². The third-order valence-electron chi connectivity index (χ3n) is 3.63. The summed E-state index contributed by atoms with van der Waals surface area (Å²) in [6, 6.07) is 9.35. The second kappa shape index (κ2) is 6.04. The van der Waals surface area contributed by atoms with Crippen LogP contribution in [-0.4, -0.2) is 36.6 Å². The van der Waals surface area contributed by atoms with Crippen LogP contribution in [-0.2, 0) is 16.1 Å². The Kier molecular flexibility index (Phi) is 4.38. The number of carbonyl (C=O) groups excluding carboxylic acids is 1. The Morgan fingerprint density at radius 2 is 2.20 bits per heavy atom. The summed E-state index contributed by atoms with van der Waals surface area (Å²) in [5.74, 6) is -0.0665. The smallest absolute Gasteiger partial charge is 0.242 e. The number of nitriles is 1. The first kappa shape index (κ1) is 14.5. The van der Waals surface area contributed by atoms with Gasteiger partial charge in [0.2, 0.25) is 5.91 Å². The molecule has 0 saturated carbocycles. The summed E-state index contributed by atoms with van der Waals surface area (Å²) < 4.78 is 5.26. The molecule has 2 rings (SSSR count). The molecule has 0 aliphatic carbocycles. The number of nitrogens with two attached hydrogens (primary N) is 1. The van der Waals surface area contributed by atoms with Gasteiger partial charge < -0.3 is 15.4 Å². The SMILES string of the molecule is CN(Cc1cccc(C#N)c1)C(=O)C1(N)CCOCC1. The fourth-order valence-corrected chi connectivity index (χ4v) is 2.41. The van der Waals surface area contributed by atoms with Crippen LogP contribution in [0, 0.1) is 11.3 Å². The van der Waals surface area contributed by atoms with Crippen LogP contribution in [0.5, 0.6) is 0 Å². The van der Waals surface area contributed by atoms with Gasteiger partial charge in [-0.3, -0.25) is 4.79 Å². The zero-order valence-electron chi connectivity index (χ0n) is 11.6. The lowest BCUT2D eigenvalue weighted by Gasteiger charge is -2.35. The highest BCUT2D eigenvalue weighted by molar-refractivity contribution is 5.86. The fourth-order valence-electron chi connectivity index (χ4n) is 2.41. The van der Waals surface area contributed by atoms with E-state index in [1.165, 1.54) is 0 Å². The van der Waals surface area contributed by atoms with E-state index >= 15 is 0 Å². The molecule has 1 aromatic carbocycles. The molecule has 0 bridgehead atoms. The van der Waals surface area contributed by atoms with Gasteiger partial charge in [0.1, 0.15) is 0 Å². The van der Waals surface area contributed by atoms with E-state index in [9.17, 15) is 4.79 Å². The Labute approximate surface area is 118 Å². The topological polar surface area (TPSA) is 79.4 Å². The van der Waals surface area contributed by atoms with Gasteiger partial charge in [-0.15, -0.1) is 0 Å². The molecule has 1 aliphatic rings. The minimum absolute atomic E-state index is 0.0665. The van der Waals surface area contributed by atoms with Crippen LogP contribution in [0.15, 0.2) is 24.3 Å². The molecular weight excluding hydrogens is 254 g/mol. The molecular formula is C15H19N3O2. The van der Waals surface area contributed by atoms with Crippen molar-refractivity contribution >= 4 is 5.91 Å². The molecule has 0 spiro atoms. The van der Waals surface area contributed by atoms with E-state index in [-0.39, 0.29) is 5.91 Å². The van der Waals surface area contributed by atoms with Crippen molar-refractivity contribution in [2.24, 2.45) is 5.73 Å². The second-order valence-electron chi connectivity index (χ2n) is 5.24. The van der Waals surface area contributed by atoms with Gasteiger partial charge in [0.15, 0.2) is 0 Å². The first-order valence-electron chi connectivity index (χ1n) is 6.66. The molecule has 1 aromatic rings. The van der Waals surface area contributed by atoms with Crippen LogP contribution in [0.25, 0.3) is 0 Å². The zero-order valence-corrected chi connectivity index (χ0v) is 11.6. The molecule has 5 heteroatoms. The largest absolute Gasteiger partial charge is 0.381 e. The molecule has 1 aliphatic heterocycles. The van der Waals surface area contributed by atoms with E-state index in [1.54, 1.807) is 24.1 Å². The van der Waals surface area contributed by atoms with Crippen LogP contribution in [0.2, 0.25) is 0 Å². The summed E-state index contributed by atoms with van der Waals surface area (Å²) in [5, 5.41) is 8.89. The minimum Gasteiger partial charge on any atom is -0.381 e. The lowest BCUT2D eigenvalue weighted by atomic mass is 9.89. The maximum atomic E-state index is 12.5. The average molecular weight is 273 g/mol. The van der Waals surface area contributed by atoms with Gasteiger partial charge in [-0.25, -0.2) is 0 Å². The molecule has 5 nitrogen and oxygen atoms in total. The van der Waals surface area contributed by atoms with Crippen LogP contribution < -0.4 is 5.73 Å². The number of amides is 1. The maximum Gasteiger partial charge on any atom is 0.242 e. The summed E-state index contributed by atoms with van der Waals surface area (Å²) in [6.07, 6.45) is 1.10. The number of hydrogen-bond acceptors (Lipinski definition) is 4. The zero-order chi connectivity index (χ0) is 14.6. The molecule has 1 amide bonds. The summed E-state index contributed by atoms with van der Waals surface area (Å²) in [7, 11) is 1.74. The predicted molar refractivity (Wildman–Crippen MR) is 74.6 cm³/mol. The first-order chi connectivity index (χ1) is 9.55. The van der Waals surface area contributed by atoms with Crippen molar-refractivity contribution in [1.29, 1.82) is 5.26 Å². The van der Waals surface area contributed by atoms with Crippen LogP contribution in [0.3, 0.4) is 0 Å². The molecule has 1 heterocycles. The number of carbonyl (C=O) groups is 1. The quantitative estimate of drug-likeness (QED) is 0.892. The van der Waals surface area contributed by atoms with Gasteiger partial charge in [-0.05, 0) is 30.5 Å². The van der Waals surface area contributed by atoms with Crippen molar-refractivity contribution in [3.8, 4) is 6.07 Å². The fraction of sp³-hybridized carbons (Fsp3) is 0.467. The Morgan fingerprint density at radius 1 is 1.50 bits per heavy atom. The lowest BCUT2D eigenvalue weighted by molar-refractivity contribution is -0.139. The molecule has 2 N–H and O–H groups in total. The van der Waals surface area contributed by atoms with Gasteiger partial charge in [0.05, 0.1) is 17.2 Å². The van der Waals surface area contributed by atoms with Crippen molar-refractivity contribution in [3.05, 3.63) is 35.4 Å². The van der Waals surface area contributed by atoms with Crippen molar-refractivity contribution in [1.82, 2.24) is 4.90 Å². The maximum absolute atomic E-state index is 12.5. The van der Waals surface area contributed by atoms with Crippen molar-refractivity contribution in [2.75, 3.05) is 20.3 Å². The highest BCUT2D eigenvalue weighted by atomic mass is 16.5. The first-order valence-corrected chi connectivity index (χ1v) is 6.66. The molecule has 0 atom stereocenters. The highest BCUT2D eigenvalue weighted by Crippen LogP contribution is 2.21. The minimum atomic E-state index is -0.820. The second-order valence-corrected chi connectivity index (χ2v) is 5.24. The van der Waals surface area contributed by atoms with Crippen LogP contribution >= 0.6 is 0 Å². The van der Waals surface area contributed by atoms with Gasteiger partial charge in [0, 0.05) is 26.8 Å². The van der Waals surface area contributed by atoms with E-state index in [0.717, 1.165) is 5.56 Å². The Morgan fingerprint density at radius 3 is 2.85 bits per heavy atom. The molecule has 1 fully saturated rings. The van der Waals surface area contributed by atoms with Crippen molar-refractivity contribution in [2.45, 2.75) is 24.9 Å². The standard InChI is InChI=1S/C15H19N3O2/c1-18(11-13-4-2-3-12(9-13)10-16)14(19)15(17)5-7-20-8-6-15/h2-4,9H,5-8,11,17H2,1H3.